The number of nitrogens with two attached hydrogens (primary N) is 1. The molecule has 7 nitrogen and oxygen atoms in total. The number of anilines is 2. The fraction of sp³-hybridized carbons (Fsp3) is 0.435. The van der Waals surface area contributed by atoms with Gasteiger partial charge in [0.05, 0.1) is 17.9 Å². The van der Waals surface area contributed by atoms with E-state index in [-0.39, 0.29) is 11.9 Å². The first-order valence-corrected chi connectivity index (χ1v) is 12.6. The van der Waals surface area contributed by atoms with Crippen molar-refractivity contribution in [2.45, 2.75) is 45.6 Å². The molecule has 0 aromatic carbocycles. The molecule has 0 bridgehead atoms. The molecule has 0 fully saturated rings. The van der Waals surface area contributed by atoms with Crippen molar-refractivity contribution in [2.24, 2.45) is 0 Å². The maximum atomic E-state index is 13.3. The summed E-state index contributed by atoms with van der Waals surface area (Å²) >= 11 is 2.79. The maximum absolute atomic E-state index is 13.3. The number of rotatable bonds is 4. The number of nitrogen functional groups attached to an aromatic ring is 1. The van der Waals surface area contributed by atoms with Crippen LogP contribution in [0.15, 0.2) is 6.07 Å². The van der Waals surface area contributed by atoms with E-state index in [1.54, 1.807) is 6.92 Å². The van der Waals surface area contributed by atoms with Crippen molar-refractivity contribution >= 4 is 55.5 Å². The van der Waals surface area contributed by atoms with Crippen molar-refractivity contribution in [3.05, 3.63) is 38.2 Å². The number of esters is 1. The minimum atomic E-state index is -0.370. The average molecular weight is 471 g/mol. The summed E-state index contributed by atoms with van der Waals surface area (Å²) in [5.41, 5.74) is 10.6. The molecule has 0 saturated carbocycles. The number of nitrogens with one attached hydrogen (secondary N) is 1. The molecule has 2 aliphatic rings. The number of likely N-dealkylation sites (N-methyl/N-ethyl adjacent to an activating group) is 1. The fourth-order valence-corrected chi connectivity index (χ4v) is 6.80. The predicted octanol–water partition coefficient (Wildman–Crippen LogP) is 4.24. The number of ether oxygens (including phenoxy) is 1. The summed E-state index contributed by atoms with van der Waals surface area (Å²) in [6.07, 6.45) is 4.79. The lowest BCUT2D eigenvalue weighted by Crippen LogP contribution is -2.27. The van der Waals surface area contributed by atoms with Gasteiger partial charge < -0.3 is 20.7 Å². The number of amides is 1. The Labute approximate surface area is 194 Å². The van der Waals surface area contributed by atoms with Gasteiger partial charge in [-0.2, -0.15) is 0 Å². The Kier molecular flexibility index (Phi) is 5.65. The summed E-state index contributed by atoms with van der Waals surface area (Å²) in [4.78, 5) is 35.4. The monoisotopic (exact) mass is 470 g/mol. The maximum Gasteiger partial charge on any atom is 0.341 e. The second-order valence-electron chi connectivity index (χ2n) is 8.37. The zero-order valence-electron chi connectivity index (χ0n) is 18.2. The van der Waals surface area contributed by atoms with Crippen LogP contribution in [0.25, 0.3) is 10.2 Å². The van der Waals surface area contributed by atoms with Gasteiger partial charge in [-0.05, 0) is 56.8 Å². The van der Waals surface area contributed by atoms with E-state index < -0.39 is 0 Å². The minimum absolute atomic E-state index is 0.297. The second kappa shape index (κ2) is 8.46. The van der Waals surface area contributed by atoms with Crippen LogP contribution in [0.1, 0.15) is 61.5 Å². The van der Waals surface area contributed by atoms with Gasteiger partial charge in [-0.15, -0.1) is 22.7 Å². The van der Waals surface area contributed by atoms with Crippen molar-refractivity contribution < 1.29 is 14.3 Å². The molecule has 1 aliphatic carbocycles. The van der Waals surface area contributed by atoms with Crippen LogP contribution >= 0.6 is 22.7 Å². The predicted molar refractivity (Wildman–Crippen MR) is 129 cm³/mol. The van der Waals surface area contributed by atoms with Crippen molar-refractivity contribution in [1.29, 1.82) is 0 Å². The minimum Gasteiger partial charge on any atom is -0.462 e. The van der Waals surface area contributed by atoms with Crippen molar-refractivity contribution in [3.63, 3.8) is 0 Å². The average Bonchev–Trinajstić information content (AvgIpc) is 3.29. The van der Waals surface area contributed by atoms with Crippen LogP contribution < -0.4 is 11.1 Å². The lowest BCUT2D eigenvalue weighted by atomic mass is 9.95. The number of carbonyl (C=O) groups excluding carboxylic acids is 2. The van der Waals surface area contributed by atoms with Gasteiger partial charge >= 0.3 is 5.97 Å². The number of aromatic nitrogens is 1. The van der Waals surface area contributed by atoms with E-state index in [4.69, 9.17) is 15.5 Å². The second-order valence-corrected chi connectivity index (χ2v) is 10.5. The summed E-state index contributed by atoms with van der Waals surface area (Å²) in [5.74, 6) is -0.672. The number of thiophene rings is 2. The third-order valence-electron chi connectivity index (χ3n) is 6.14. The topological polar surface area (TPSA) is 97.5 Å². The molecule has 3 aromatic heterocycles. The van der Waals surface area contributed by atoms with Crippen molar-refractivity contribution in [1.82, 2.24) is 9.88 Å². The molecule has 3 aromatic rings. The van der Waals surface area contributed by atoms with Gasteiger partial charge in [0, 0.05) is 35.5 Å². The quantitative estimate of drug-likeness (QED) is 0.554. The largest absolute Gasteiger partial charge is 0.462 e. The zero-order chi connectivity index (χ0) is 22.4. The Morgan fingerprint density at radius 1 is 1.25 bits per heavy atom. The van der Waals surface area contributed by atoms with Crippen LogP contribution in [0.3, 0.4) is 0 Å². The van der Waals surface area contributed by atoms with Crippen molar-refractivity contribution in [3.8, 4) is 0 Å². The van der Waals surface area contributed by atoms with E-state index in [1.807, 2.05) is 0 Å². The number of carbonyl (C=O) groups is 2. The molecule has 32 heavy (non-hydrogen) atoms. The molecular formula is C23H26N4O3S2. The van der Waals surface area contributed by atoms with Crippen LogP contribution in [-0.4, -0.2) is 42.0 Å². The van der Waals surface area contributed by atoms with E-state index in [1.165, 1.54) is 28.2 Å². The van der Waals surface area contributed by atoms with Gasteiger partial charge in [0.15, 0.2) is 0 Å². The summed E-state index contributed by atoms with van der Waals surface area (Å²) in [6.45, 7) is 3.89. The Bertz CT molecular complexity index is 1230. The highest BCUT2D eigenvalue weighted by Crippen LogP contribution is 2.40. The van der Waals surface area contributed by atoms with Crippen molar-refractivity contribution in [2.75, 3.05) is 31.2 Å². The van der Waals surface area contributed by atoms with Gasteiger partial charge in [0.1, 0.15) is 14.7 Å². The Morgan fingerprint density at radius 2 is 2.06 bits per heavy atom. The SMILES string of the molecule is CCOC(=O)c1c(NC(=O)c2sc3nc4c(cc3c2N)CN(C)CC4)sc2c1CCCC2. The van der Waals surface area contributed by atoms with Crippen LogP contribution in [0.5, 0.6) is 0 Å². The molecule has 4 heterocycles. The van der Waals surface area contributed by atoms with Gasteiger partial charge in [0.25, 0.3) is 5.91 Å². The number of aryl methyl sites for hydroxylation is 1. The molecule has 1 aliphatic heterocycles. The number of pyridine rings is 1. The number of nitrogens with zero attached hydrogens (tertiary/aromatic N) is 2. The highest BCUT2D eigenvalue weighted by molar-refractivity contribution is 7.21. The molecule has 0 spiro atoms. The Morgan fingerprint density at radius 3 is 2.88 bits per heavy atom. The standard InChI is InChI=1S/C23H26N4O3S2/c1-3-30-23(29)17-13-6-4-5-7-16(13)31-22(17)26-20(28)19-18(24)14-10-12-11-27(2)9-8-15(12)25-21(14)32-19/h10H,3-9,11,24H2,1-2H3,(H,26,28). The molecule has 1 amide bonds. The molecule has 168 valence electrons. The van der Waals surface area contributed by atoms with Gasteiger partial charge in [-0.3, -0.25) is 4.79 Å². The van der Waals surface area contributed by atoms with Gasteiger partial charge in [-0.25, -0.2) is 9.78 Å². The third kappa shape index (κ3) is 3.68. The highest BCUT2D eigenvalue weighted by atomic mass is 32.1. The van der Waals surface area contributed by atoms with Crippen LogP contribution in [-0.2, 0) is 30.5 Å². The lowest BCUT2D eigenvalue weighted by Gasteiger charge is -2.24. The first kappa shape index (κ1) is 21.4. The molecule has 0 unspecified atom stereocenters. The molecular weight excluding hydrogens is 444 g/mol. The molecule has 5 rings (SSSR count). The Balaban J connectivity index is 1.50. The fourth-order valence-electron chi connectivity index (χ4n) is 4.54. The number of hydrogen-bond acceptors (Lipinski definition) is 8. The van der Waals surface area contributed by atoms with Gasteiger partial charge in [-0.1, -0.05) is 0 Å². The molecule has 0 radical (unpaired) electrons. The molecule has 0 atom stereocenters. The molecule has 0 saturated heterocycles. The first-order chi connectivity index (χ1) is 15.5. The van der Waals surface area contributed by atoms with E-state index >= 15 is 0 Å². The first-order valence-electron chi connectivity index (χ1n) is 11.0. The van der Waals surface area contributed by atoms with E-state index in [9.17, 15) is 9.59 Å². The van der Waals surface area contributed by atoms with Gasteiger partial charge in [0.2, 0.25) is 0 Å². The summed E-state index contributed by atoms with van der Waals surface area (Å²) < 4.78 is 5.30. The van der Waals surface area contributed by atoms with E-state index in [0.717, 1.165) is 71.5 Å². The summed E-state index contributed by atoms with van der Waals surface area (Å²) in [7, 11) is 2.09. The van der Waals surface area contributed by atoms with E-state index in [0.29, 0.717) is 27.7 Å². The highest BCUT2D eigenvalue weighted by Gasteiger charge is 2.29. The summed E-state index contributed by atoms with van der Waals surface area (Å²) in [5, 5.41) is 4.36. The van der Waals surface area contributed by atoms with Crippen LogP contribution in [0.4, 0.5) is 10.7 Å². The molecule has 3 N–H and O–H groups in total. The Hall–Kier alpha value is -2.49. The normalized spacial score (nSPS) is 15.9. The van der Waals surface area contributed by atoms with Crippen LogP contribution in [0.2, 0.25) is 0 Å². The molecule has 9 heteroatoms. The number of hydrogen-bond donors (Lipinski definition) is 2. The zero-order valence-corrected chi connectivity index (χ0v) is 19.9. The summed E-state index contributed by atoms with van der Waals surface area (Å²) in [6, 6.07) is 2.07. The lowest BCUT2D eigenvalue weighted by molar-refractivity contribution is 0.0526. The number of fused-ring (bicyclic) bond motifs is 3. The third-order valence-corrected chi connectivity index (χ3v) is 8.47. The smallest absolute Gasteiger partial charge is 0.341 e. The van der Waals surface area contributed by atoms with E-state index in [2.05, 4.69) is 23.3 Å². The van der Waals surface area contributed by atoms with Crippen LogP contribution in [0, 0.1) is 0 Å².